The van der Waals surface area contributed by atoms with Crippen LogP contribution >= 0.6 is 0 Å². The van der Waals surface area contributed by atoms with Gasteiger partial charge in [-0.05, 0) is 25.3 Å². The van der Waals surface area contributed by atoms with E-state index in [-0.39, 0.29) is 0 Å². The molecule has 1 heteroatoms. The van der Waals surface area contributed by atoms with Crippen LogP contribution in [0.3, 0.4) is 0 Å². The number of rotatable bonds is 3. The highest BCUT2D eigenvalue weighted by molar-refractivity contribution is 5.21. The quantitative estimate of drug-likeness (QED) is 0.627. The molecular formula is C10H14N. The highest BCUT2D eigenvalue weighted by atomic mass is 14.5. The maximum absolute atomic E-state index is 6.99. The summed E-state index contributed by atoms with van der Waals surface area (Å²) in [6, 6.07) is 8.54. The van der Waals surface area contributed by atoms with E-state index in [1.807, 2.05) is 0 Å². The van der Waals surface area contributed by atoms with Gasteiger partial charge in [0.05, 0.1) is 0 Å². The van der Waals surface area contributed by atoms with Crippen LogP contribution in [0.1, 0.15) is 17.5 Å². The first-order valence-corrected chi connectivity index (χ1v) is 4.03. The Kier molecular flexibility index (Phi) is 3.12. The molecule has 1 N–H and O–H groups in total. The van der Waals surface area contributed by atoms with Crippen LogP contribution in [0.15, 0.2) is 24.3 Å². The third-order valence-electron chi connectivity index (χ3n) is 1.76. The predicted octanol–water partition coefficient (Wildman–Crippen LogP) is 2.21. The Morgan fingerprint density at radius 1 is 1.18 bits per heavy atom. The molecule has 0 aromatic heterocycles. The van der Waals surface area contributed by atoms with Crippen molar-refractivity contribution in [3.63, 3.8) is 0 Å². The molecule has 0 aliphatic heterocycles. The van der Waals surface area contributed by atoms with Crippen LogP contribution in [0, 0.1) is 6.92 Å². The minimum absolute atomic E-state index is 0.536. The fourth-order valence-corrected chi connectivity index (χ4v) is 1.05. The van der Waals surface area contributed by atoms with E-state index < -0.39 is 0 Å². The Morgan fingerprint density at radius 2 is 1.82 bits per heavy atom. The average Bonchev–Trinajstić information content (AvgIpc) is 2.04. The van der Waals surface area contributed by atoms with Gasteiger partial charge < -0.3 is 0 Å². The van der Waals surface area contributed by atoms with Gasteiger partial charge in [0.25, 0.3) is 0 Å². The lowest BCUT2D eigenvalue weighted by molar-refractivity contribution is 0.817. The number of aryl methyl sites for hydroxylation is 2. The zero-order valence-electron chi connectivity index (χ0n) is 6.93. The van der Waals surface area contributed by atoms with Crippen molar-refractivity contribution in [3.8, 4) is 0 Å². The van der Waals surface area contributed by atoms with Gasteiger partial charge in [0.1, 0.15) is 0 Å². The van der Waals surface area contributed by atoms with Gasteiger partial charge in [-0.2, -0.15) is 0 Å². The fourth-order valence-electron chi connectivity index (χ4n) is 1.05. The minimum atomic E-state index is 0.536. The van der Waals surface area contributed by atoms with E-state index in [0.29, 0.717) is 6.54 Å². The Morgan fingerprint density at radius 3 is 2.36 bits per heavy atom. The Bertz CT molecular complexity index is 201. The van der Waals surface area contributed by atoms with Gasteiger partial charge in [0.2, 0.25) is 0 Å². The lowest BCUT2D eigenvalue weighted by Gasteiger charge is -1.98. The second-order valence-corrected chi connectivity index (χ2v) is 2.84. The average molecular weight is 148 g/mol. The fraction of sp³-hybridized carbons (Fsp3) is 0.400. The van der Waals surface area contributed by atoms with Gasteiger partial charge in [0, 0.05) is 6.54 Å². The van der Waals surface area contributed by atoms with Crippen LogP contribution in [-0.2, 0) is 6.42 Å². The van der Waals surface area contributed by atoms with Crippen molar-refractivity contribution in [1.29, 1.82) is 0 Å². The van der Waals surface area contributed by atoms with E-state index in [1.165, 1.54) is 11.1 Å². The summed E-state index contributed by atoms with van der Waals surface area (Å²) in [5.41, 5.74) is 9.65. The van der Waals surface area contributed by atoms with Gasteiger partial charge in [-0.15, -0.1) is 0 Å². The summed E-state index contributed by atoms with van der Waals surface area (Å²) < 4.78 is 0. The molecule has 1 aromatic carbocycles. The third kappa shape index (κ3) is 2.72. The Hall–Kier alpha value is -0.820. The number of nitrogens with one attached hydrogen (secondary N) is 1. The molecule has 0 unspecified atom stereocenters. The first kappa shape index (κ1) is 8.28. The Balaban J connectivity index is 2.52. The standard InChI is InChI=1S/C10H14N/c1-9-4-6-10(7-5-9)3-2-8-11/h4-7,11H,2-3,8H2,1H3. The van der Waals surface area contributed by atoms with E-state index in [0.717, 1.165) is 12.8 Å². The molecule has 0 aliphatic carbocycles. The largest absolute Gasteiger partial charge is 0.258 e. The predicted molar refractivity (Wildman–Crippen MR) is 47.5 cm³/mol. The molecule has 0 bridgehead atoms. The molecule has 1 radical (unpaired) electrons. The summed E-state index contributed by atoms with van der Waals surface area (Å²) in [7, 11) is 0. The summed E-state index contributed by atoms with van der Waals surface area (Å²) >= 11 is 0. The number of hydrogen-bond acceptors (Lipinski definition) is 0. The van der Waals surface area contributed by atoms with Crippen LogP contribution in [0.5, 0.6) is 0 Å². The lowest BCUT2D eigenvalue weighted by Crippen LogP contribution is -1.90. The van der Waals surface area contributed by atoms with Gasteiger partial charge in [0.15, 0.2) is 0 Å². The molecule has 1 rings (SSSR count). The van der Waals surface area contributed by atoms with Crippen LogP contribution in [0.2, 0.25) is 0 Å². The van der Waals surface area contributed by atoms with Crippen molar-refractivity contribution in [2.75, 3.05) is 6.54 Å². The van der Waals surface area contributed by atoms with Crippen molar-refractivity contribution in [2.45, 2.75) is 19.8 Å². The molecule has 59 valence electrons. The van der Waals surface area contributed by atoms with Gasteiger partial charge in [-0.25, -0.2) is 0 Å². The Labute approximate surface area is 68.2 Å². The van der Waals surface area contributed by atoms with E-state index >= 15 is 0 Å². The molecule has 1 nitrogen and oxygen atoms in total. The van der Waals surface area contributed by atoms with Crippen LogP contribution in [0.4, 0.5) is 0 Å². The van der Waals surface area contributed by atoms with Crippen LogP contribution < -0.4 is 5.73 Å². The smallest absolute Gasteiger partial charge is 0.0103 e. The maximum Gasteiger partial charge on any atom is 0.0103 e. The second kappa shape index (κ2) is 4.14. The monoisotopic (exact) mass is 148 g/mol. The summed E-state index contributed by atoms with van der Waals surface area (Å²) in [6.07, 6.45) is 2.02. The minimum Gasteiger partial charge on any atom is -0.258 e. The summed E-state index contributed by atoms with van der Waals surface area (Å²) in [6.45, 7) is 2.63. The van der Waals surface area contributed by atoms with Crippen molar-refractivity contribution in [3.05, 3.63) is 35.4 Å². The van der Waals surface area contributed by atoms with Crippen LogP contribution in [0.25, 0.3) is 0 Å². The highest BCUT2D eigenvalue weighted by Crippen LogP contribution is 2.04. The van der Waals surface area contributed by atoms with Crippen molar-refractivity contribution in [1.82, 2.24) is 5.73 Å². The van der Waals surface area contributed by atoms with E-state index in [4.69, 9.17) is 5.73 Å². The van der Waals surface area contributed by atoms with E-state index in [1.54, 1.807) is 0 Å². The van der Waals surface area contributed by atoms with E-state index in [9.17, 15) is 0 Å². The summed E-state index contributed by atoms with van der Waals surface area (Å²) in [5, 5.41) is 0. The number of hydrogen-bond donors (Lipinski definition) is 0. The highest BCUT2D eigenvalue weighted by Gasteiger charge is 1.90. The molecule has 11 heavy (non-hydrogen) atoms. The van der Waals surface area contributed by atoms with Gasteiger partial charge >= 0.3 is 0 Å². The molecule has 0 fully saturated rings. The molecule has 0 atom stereocenters. The molecule has 0 saturated carbocycles. The zero-order chi connectivity index (χ0) is 8.10. The van der Waals surface area contributed by atoms with Gasteiger partial charge in [-0.3, -0.25) is 5.73 Å². The third-order valence-corrected chi connectivity index (χ3v) is 1.76. The molecule has 0 amide bonds. The van der Waals surface area contributed by atoms with E-state index in [2.05, 4.69) is 31.2 Å². The molecule has 0 spiro atoms. The SMILES string of the molecule is Cc1ccc(CCC[NH])cc1. The molecule has 0 heterocycles. The first-order valence-electron chi connectivity index (χ1n) is 4.03. The first-order chi connectivity index (χ1) is 5.33. The van der Waals surface area contributed by atoms with Crippen molar-refractivity contribution >= 4 is 0 Å². The van der Waals surface area contributed by atoms with Gasteiger partial charge in [-0.1, -0.05) is 29.8 Å². The van der Waals surface area contributed by atoms with Crippen molar-refractivity contribution < 1.29 is 0 Å². The lowest BCUT2D eigenvalue weighted by atomic mass is 10.1. The molecule has 1 aromatic rings. The second-order valence-electron chi connectivity index (χ2n) is 2.84. The number of benzene rings is 1. The van der Waals surface area contributed by atoms with Crippen molar-refractivity contribution in [2.24, 2.45) is 0 Å². The zero-order valence-corrected chi connectivity index (χ0v) is 6.93. The summed E-state index contributed by atoms with van der Waals surface area (Å²) in [5.74, 6) is 0. The van der Waals surface area contributed by atoms with Crippen LogP contribution in [-0.4, -0.2) is 6.54 Å². The molecule has 0 aliphatic rings. The molecule has 0 saturated heterocycles. The summed E-state index contributed by atoms with van der Waals surface area (Å²) in [4.78, 5) is 0. The molecular weight excluding hydrogens is 134 g/mol. The maximum atomic E-state index is 6.99. The normalized spacial score (nSPS) is 10.0. The topological polar surface area (TPSA) is 23.8 Å².